The number of hydrogen-bond acceptors (Lipinski definition) is 2. The van der Waals surface area contributed by atoms with Crippen molar-refractivity contribution in [3.05, 3.63) is 35.9 Å². The third-order valence-corrected chi connectivity index (χ3v) is 4.48. The molecule has 1 aliphatic heterocycles. The highest BCUT2D eigenvalue weighted by atomic mass is 16.1. The van der Waals surface area contributed by atoms with E-state index < -0.39 is 0 Å². The Kier molecular flexibility index (Phi) is 3.21. The Bertz CT molecular complexity index is 422. The van der Waals surface area contributed by atoms with E-state index in [9.17, 15) is 4.79 Å². The van der Waals surface area contributed by atoms with Crippen molar-refractivity contribution in [2.75, 3.05) is 0 Å². The molecule has 1 aromatic rings. The number of rotatable bonds is 3. The van der Waals surface area contributed by atoms with Crippen molar-refractivity contribution >= 4 is 5.78 Å². The second-order valence-corrected chi connectivity index (χ2v) is 5.65. The first-order valence-electron chi connectivity index (χ1n) is 7.16. The summed E-state index contributed by atoms with van der Waals surface area (Å²) in [6.07, 6.45) is 6.60. The zero-order chi connectivity index (χ0) is 12.5. The summed E-state index contributed by atoms with van der Waals surface area (Å²) in [5.74, 6) is 0.314. The van der Waals surface area contributed by atoms with Crippen LogP contribution < -0.4 is 0 Å². The lowest BCUT2D eigenvalue weighted by molar-refractivity contribution is 0.0963. The van der Waals surface area contributed by atoms with Crippen LogP contribution in [0.15, 0.2) is 30.3 Å². The van der Waals surface area contributed by atoms with Crippen LogP contribution in [0.1, 0.15) is 49.4 Å². The number of nitrogens with zero attached hydrogens (tertiary/aromatic N) is 1. The Morgan fingerprint density at radius 3 is 2.44 bits per heavy atom. The van der Waals surface area contributed by atoms with E-state index in [4.69, 9.17) is 0 Å². The Hall–Kier alpha value is -1.15. The molecule has 2 fully saturated rings. The van der Waals surface area contributed by atoms with Gasteiger partial charge in [-0.05, 0) is 19.8 Å². The van der Waals surface area contributed by atoms with Crippen molar-refractivity contribution in [3.8, 4) is 0 Å². The Labute approximate surface area is 109 Å². The second kappa shape index (κ2) is 4.85. The number of ketones is 1. The van der Waals surface area contributed by atoms with Crippen LogP contribution in [-0.2, 0) is 0 Å². The maximum absolute atomic E-state index is 12.4. The van der Waals surface area contributed by atoms with E-state index >= 15 is 0 Å². The molecule has 0 aromatic heterocycles. The second-order valence-electron chi connectivity index (χ2n) is 5.65. The summed E-state index contributed by atoms with van der Waals surface area (Å²) in [6.45, 7) is 2.19. The van der Waals surface area contributed by atoms with Gasteiger partial charge in [-0.1, -0.05) is 49.6 Å². The molecule has 0 bridgehead atoms. The van der Waals surface area contributed by atoms with E-state index in [0.29, 0.717) is 17.9 Å². The first-order valence-corrected chi connectivity index (χ1v) is 7.16. The first-order chi connectivity index (χ1) is 8.79. The largest absolute Gasteiger partial charge is 0.292 e. The van der Waals surface area contributed by atoms with E-state index in [1.54, 1.807) is 0 Å². The molecule has 96 valence electrons. The normalized spacial score (nSPS) is 32.2. The summed E-state index contributed by atoms with van der Waals surface area (Å²) in [5.41, 5.74) is 0.868. The lowest BCUT2D eigenvalue weighted by Gasteiger charge is -2.23. The molecule has 0 spiro atoms. The Morgan fingerprint density at radius 1 is 1.11 bits per heavy atom. The highest BCUT2D eigenvalue weighted by Crippen LogP contribution is 2.38. The van der Waals surface area contributed by atoms with Gasteiger partial charge in [0.2, 0.25) is 0 Å². The smallest absolute Gasteiger partial charge is 0.181 e. The summed E-state index contributed by atoms with van der Waals surface area (Å²) in [6, 6.07) is 11.0. The maximum Gasteiger partial charge on any atom is 0.181 e. The fourth-order valence-corrected chi connectivity index (χ4v) is 3.44. The van der Waals surface area contributed by atoms with Gasteiger partial charge in [0.25, 0.3) is 0 Å². The van der Waals surface area contributed by atoms with Gasteiger partial charge in [0.15, 0.2) is 5.78 Å². The zero-order valence-electron chi connectivity index (χ0n) is 11.0. The van der Waals surface area contributed by atoms with Gasteiger partial charge >= 0.3 is 0 Å². The van der Waals surface area contributed by atoms with Crippen LogP contribution >= 0.6 is 0 Å². The highest BCUT2D eigenvalue weighted by molar-refractivity contribution is 6.02. The SMILES string of the molecule is CC1C(C(=O)c2ccccc2)N1C1CCCCC1. The van der Waals surface area contributed by atoms with Crippen LogP contribution in [-0.4, -0.2) is 28.8 Å². The molecule has 2 aliphatic rings. The highest BCUT2D eigenvalue weighted by Gasteiger charge is 2.52. The summed E-state index contributed by atoms with van der Waals surface area (Å²) < 4.78 is 0. The molecule has 18 heavy (non-hydrogen) atoms. The molecule has 2 nitrogen and oxygen atoms in total. The topological polar surface area (TPSA) is 20.1 Å². The number of carbonyl (C=O) groups excluding carboxylic acids is 1. The van der Waals surface area contributed by atoms with E-state index in [-0.39, 0.29) is 6.04 Å². The number of Topliss-reactive ketones (excluding diaryl/α,β-unsaturated/α-hetero) is 1. The average molecular weight is 243 g/mol. The minimum absolute atomic E-state index is 0.149. The van der Waals surface area contributed by atoms with E-state index in [1.807, 2.05) is 30.3 Å². The molecule has 1 aliphatic carbocycles. The molecule has 3 unspecified atom stereocenters. The number of benzene rings is 1. The molecular weight excluding hydrogens is 222 g/mol. The van der Waals surface area contributed by atoms with Crippen molar-refractivity contribution in [2.45, 2.75) is 57.2 Å². The lowest BCUT2D eigenvalue weighted by Crippen LogP contribution is -2.26. The maximum atomic E-state index is 12.4. The summed E-state index contributed by atoms with van der Waals surface area (Å²) in [7, 11) is 0. The molecule has 1 aromatic carbocycles. The van der Waals surface area contributed by atoms with Crippen LogP contribution in [0.4, 0.5) is 0 Å². The molecule has 0 N–H and O–H groups in total. The van der Waals surface area contributed by atoms with Crippen LogP contribution in [0, 0.1) is 0 Å². The van der Waals surface area contributed by atoms with Crippen molar-refractivity contribution < 1.29 is 4.79 Å². The predicted molar refractivity (Wildman–Crippen MR) is 72.7 cm³/mol. The monoisotopic (exact) mass is 243 g/mol. The minimum Gasteiger partial charge on any atom is -0.292 e. The van der Waals surface area contributed by atoms with Crippen molar-refractivity contribution in [3.63, 3.8) is 0 Å². The summed E-state index contributed by atoms with van der Waals surface area (Å²) in [5, 5.41) is 0. The van der Waals surface area contributed by atoms with Gasteiger partial charge in [-0.2, -0.15) is 0 Å². The third-order valence-electron chi connectivity index (χ3n) is 4.48. The third kappa shape index (κ3) is 2.10. The van der Waals surface area contributed by atoms with Gasteiger partial charge in [-0.25, -0.2) is 0 Å². The fraction of sp³-hybridized carbons (Fsp3) is 0.562. The lowest BCUT2D eigenvalue weighted by atomic mass is 9.95. The summed E-state index contributed by atoms with van der Waals surface area (Å²) >= 11 is 0. The molecule has 0 amide bonds. The van der Waals surface area contributed by atoms with Gasteiger partial charge in [-0.3, -0.25) is 9.69 Å². The van der Waals surface area contributed by atoms with E-state index in [0.717, 1.165) is 5.56 Å². The van der Waals surface area contributed by atoms with Gasteiger partial charge in [0, 0.05) is 17.6 Å². The standard InChI is InChI=1S/C16H21NO/c1-12-15(16(18)13-8-4-2-5-9-13)17(12)14-10-6-3-7-11-14/h2,4-5,8-9,12,14-15H,3,6-7,10-11H2,1H3. The van der Waals surface area contributed by atoms with Crippen molar-refractivity contribution in [1.29, 1.82) is 0 Å². The number of hydrogen-bond donors (Lipinski definition) is 0. The van der Waals surface area contributed by atoms with Crippen molar-refractivity contribution in [2.24, 2.45) is 0 Å². The molecule has 0 radical (unpaired) electrons. The summed E-state index contributed by atoms with van der Waals surface area (Å²) in [4.78, 5) is 14.9. The molecular formula is C16H21NO. The Morgan fingerprint density at radius 2 is 1.78 bits per heavy atom. The molecule has 1 heterocycles. The molecule has 1 saturated heterocycles. The zero-order valence-corrected chi connectivity index (χ0v) is 11.0. The molecule has 3 atom stereocenters. The van der Waals surface area contributed by atoms with Gasteiger partial charge in [-0.15, -0.1) is 0 Å². The van der Waals surface area contributed by atoms with Crippen LogP contribution in [0.2, 0.25) is 0 Å². The van der Waals surface area contributed by atoms with Gasteiger partial charge in [0.05, 0.1) is 6.04 Å². The van der Waals surface area contributed by atoms with Crippen molar-refractivity contribution in [1.82, 2.24) is 4.90 Å². The van der Waals surface area contributed by atoms with Gasteiger partial charge < -0.3 is 0 Å². The average Bonchev–Trinajstić information content (AvgIpc) is 3.11. The number of carbonyl (C=O) groups is 1. The molecule has 3 rings (SSSR count). The van der Waals surface area contributed by atoms with E-state index in [1.165, 1.54) is 32.1 Å². The minimum atomic E-state index is 0.149. The van der Waals surface area contributed by atoms with Gasteiger partial charge in [0.1, 0.15) is 0 Å². The Balaban J connectivity index is 1.69. The molecule has 1 saturated carbocycles. The molecule has 2 heteroatoms. The fourth-order valence-electron chi connectivity index (χ4n) is 3.44. The van der Waals surface area contributed by atoms with Crippen LogP contribution in [0.5, 0.6) is 0 Å². The quantitative estimate of drug-likeness (QED) is 0.600. The van der Waals surface area contributed by atoms with Crippen LogP contribution in [0.25, 0.3) is 0 Å². The predicted octanol–water partition coefficient (Wildman–Crippen LogP) is 3.27. The first kappa shape index (κ1) is 11.9. The van der Waals surface area contributed by atoms with Crippen LogP contribution in [0.3, 0.4) is 0 Å². The van der Waals surface area contributed by atoms with E-state index in [2.05, 4.69) is 11.8 Å².